The molecule has 2 heteroatoms. The molecule has 60 valence electrons. The third-order valence-electron chi connectivity index (χ3n) is 1.16. The molecule has 0 atom stereocenters. The summed E-state index contributed by atoms with van der Waals surface area (Å²) >= 11 is 0. The van der Waals surface area contributed by atoms with E-state index in [1.165, 1.54) is 0 Å². The van der Waals surface area contributed by atoms with Gasteiger partial charge in [0.05, 0.1) is 14.2 Å². The molecule has 0 unspecified atom stereocenters. The third-order valence-corrected chi connectivity index (χ3v) is 1.16. The van der Waals surface area contributed by atoms with Gasteiger partial charge in [0, 0.05) is 0 Å². The molecule has 0 radical (unpaired) electrons. The molecule has 0 aliphatic rings. The molecule has 0 saturated heterocycles. The highest BCUT2D eigenvalue weighted by molar-refractivity contribution is 4.83. The van der Waals surface area contributed by atoms with Crippen molar-refractivity contribution < 1.29 is 9.47 Å². The highest BCUT2D eigenvalue weighted by Gasteiger charge is 1.94. The second-order valence-corrected chi connectivity index (χ2v) is 2.56. The number of methoxy groups -OCH3 is 2. The van der Waals surface area contributed by atoms with Gasteiger partial charge in [-0.1, -0.05) is 13.8 Å². The first-order valence-electron chi connectivity index (χ1n) is 3.48. The van der Waals surface area contributed by atoms with Crippen LogP contribution in [0, 0.1) is 5.92 Å². The van der Waals surface area contributed by atoms with Crippen molar-refractivity contribution in [3.8, 4) is 0 Å². The molecule has 0 spiro atoms. The van der Waals surface area contributed by atoms with Crippen LogP contribution in [0.4, 0.5) is 0 Å². The van der Waals surface area contributed by atoms with E-state index in [9.17, 15) is 0 Å². The minimum atomic E-state index is 0.605. The van der Waals surface area contributed by atoms with Crippen molar-refractivity contribution >= 4 is 0 Å². The van der Waals surface area contributed by atoms with Crippen LogP contribution in [0.1, 0.15) is 20.3 Å². The van der Waals surface area contributed by atoms with E-state index in [-0.39, 0.29) is 0 Å². The topological polar surface area (TPSA) is 18.5 Å². The van der Waals surface area contributed by atoms with Crippen LogP contribution in [0.2, 0.25) is 0 Å². The molecule has 0 rings (SSSR count). The number of hydrogen-bond acceptors (Lipinski definition) is 2. The monoisotopic (exact) mass is 144 g/mol. The fraction of sp³-hybridized carbons (Fsp3) is 0.750. The average molecular weight is 144 g/mol. The molecule has 2 nitrogen and oxygen atoms in total. The van der Waals surface area contributed by atoms with Crippen molar-refractivity contribution in [2.75, 3.05) is 14.2 Å². The zero-order valence-corrected chi connectivity index (χ0v) is 7.18. The van der Waals surface area contributed by atoms with Crippen molar-refractivity contribution in [2.24, 2.45) is 5.92 Å². The summed E-state index contributed by atoms with van der Waals surface area (Å²) in [4.78, 5) is 0. The summed E-state index contributed by atoms with van der Waals surface area (Å²) in [5.41, 5.74) is 0. The Morgan fingerprint density at radius 3 is 2.10 bits per heavy atom. The lowest BCUT2D eigenvalue weighted by molar-refractivity contribution is 0.0935. The Morgan fingerprint density at radius 2 is 1.80 bits per heavy atom. The van der Waals surface area contributed by atoms with Gasteiger partial charge in [0.1, 0.15) is 0 Å². The van der Waals surface area contributed by atoms with Gasteiger partial charge in [-0.2, -0.15) is 0 Å². The van der Waals surface area contributed by atoms with Gasteiger partial charge in [-0.25, -0.2) is 0 Å². The van der Waals surface area contributed by atoms with Crippen LogP contribution in [-0.2, 0) is 9.47 Å². The van der Waals surface area contributed by atoms with Crippen LogP contribution in [0.25, 0.3) is 0 Å². The molecule has 0 aromatic heterocycles. The van der Waals surface area contributed by atoms with Crippen LogP contribution in [0.3, 0.4) is 0 Å². The van der Waals surface area contributed by atoms with E-state index in [2.05, 4.69) is 13.8 Å². The number of allylic oxidation sites excluding steroid dienone is 1. The van der Waals surface area contributed by atoms with Gasteiger partial charge in [-0.05, 0) is 18.4 Å². The molecule has 0 aromatic rings. The van der Waals surface area contributed by atoms with Crippen LogP contribution in [0.15, 0.2) is 12.0 Å². The summed E-state index contributed by atoms with van der Waals surface area (Å²) in [7, 11) is 3.21. The van der Waals surface area contributed by atoms with Crippen molar-refractivity contribution in [1.82, 2.24) is 0 Å². The maximum atomic E-state index is 4.89. The molecule has 0 heterocycles. The second-order valence-electron chi connectivity index (χ2n) is 2.56. The quantitative estimate of drug-likeness (QED) is 0.563. The molecule has 0 N–H and O–H groups in total. The molecule has 0 aromatic carbocycles. The largest absolute Gasteiger partial charge is 0.469 e. The van der Waals surface area contributed by atoms with Crippen LogP contribution in [-0.4, -0.2) is 14.2 Å². The lowest BCUT2D eigenvalue weighted by atomic mass is 10.1. The molecular weight excluding hydrogens is 128 g/mol. The lowest BCUT2D eigenvalue weighted by Crippen LogP contribution is -1.91. The van der Waals surface area contributed by atoms with E-state index in [1.807, 2.05) is 6.08 Å². The predicted octanol–water partition coefficient (Wildman–Crippen LogP) is 2.17. The van der Waals surface area contributed by atoms with Gasteiger partial charge in [0.15, 0.2) is 0 Å². The Hall–Kier alpha value is -0.660. The summed E-state index contributed by atoms with van der Waals surface area (Å²) in [6, 6.07) is 0. The maximum absolute atomic E-state index is 4.89. The normalized spacial score (nSPS) is 9.30. The average Bonchev–Trinajstić information content (AvgIpc) is 1.90. The first kappa shape index (κ1) is 9.34. The number of rotatable bonds is 4. The zero-order chi connectivity index (χ0) is 7.98. The van der Waals surface area contributed by atoms with E-state index < -0.39 is 0 Å². The fourth-order valence-corrected chi connectivity index (χ4v) is 0.582. The number of ether oxygens (including phenoxy) is 2. The molecule has 0 saturated carbocycles. The lowest BCUT2D eigenvalue weighted by Gasteiger charge is -2.04. The van der Waals surface area contributed by atoms with Crippen molar-refractivity contribution in [3.05, 3.63) is 12.0 Å². The first-order chi connectivity index (χ1) is 4.70. The molecular formula is C8H16O2. The van der Waals surface area contributed by atoms with Gasteiger partial charge in [-0.15, -0.1) is 0 Å². The Morgan fingerprint density at radius 1 is 1.30 bits per heavy atom. The molecule has 0 fully saturated rings. The van der Waals surface area contributed by atoms with Crippen molar-refractivity contribution in [3.63, 3.8) is 0 Å². The number of hydrogen-bond donors (Lipinski definition) is 0. The Kier molecular flexibility index (Phi) is 4.81. The molecule has 0 amide bonds. The zero-order valence-electron chi connectivity index (χ0n) is 7.18. The van der Waals surface area contributed by atoms with Crippen LogP contribution < -0.4 is 0 Å². The van der Waals surface area contributed by atoms with Gasteiger partial charge >= 0.3 is 0 Å². The van der Waals surface area contributed by atoms with E-state index in [0.717, 1.165) is 6.42 Å². The van der Waals surface area contributed by atoms with E-state index in [0.29, 0.717) is 11.9 Å². The van der Waals surface area contributed by atoms with Crippen molar-refractivity contribution in [1.29, 1.82) is 0 Å². The molecule has 0 bridgehead atoms. The van der Waals surface area contributed by atoms with Gasteiger partial charge in [0.2, 0.25) is 0 Å². The molecule has 0 aliphatic carbocycles. The Bertz CT molecular complexity index is 99.8. The van der Waals surface area contributed by atoms with Gasteiger partial charge in [-0.3, -0.25) is 0 Å². The van der Waals surface area contributed by atoms with E-state index in [1.54, 1.807) is 14.2 Å². The highest BCUT2D eigenvalue weighted by Crippen LogP contribution is 2.04. The fourth-order valence-electron chi connectivity index (χ4n) is 0.582. The highest BCUT2D eigenvalue weighted by atomic mass is 16.7. The van der Waals surface area contributed by atoms with Crippen molar-refractivity contribution in [2.45, 2.75) is 20.3 Å². The van der Waals surface area contributed by atoms with E-state index in [4.69, 9.17) is 9.47 Å². The standard InChI is InChI=1S/C8H16O2/c1-7(2)5-6-8(9-3)10-4/h6-7H,5H2,1-4H3. The van der Waals surface area contributed by atoms with Crippen LogP contribution >= 0.6 is 0 Å². The Labute approximate surface area is 62.8 Å². The smallest absolute Gasteiger partial charge is 0.274 e. The maximum Gasteiger partial charge on any atom is 0.274 e. The summed E-state index contributed by atoms with van der Waals surface area (Å²) in [6.45, 7) is 4.30. The van der Waals surface area contributed by atoms with E-state index >= 15 is 0 Å². The van der Waals surface area contributed by atoms with Gasteiger partial charge < -0.3 is 9.47 Å². The third kappa shape index (κ3) is 4.24. The SMILES string of the molecule is COC(=CCC(C)C)OC. The Balaban J connectivity index is 3.63. The van der Waals surface area contributed by atoms with Crippen LogP contribution in [0.5, 0.6) is 0 Å². The summed E-state index contributed by atoms with van der Waals surface area (Å²) in [5, 5.41) is 0. The summed E-state index contributed by atoms with van der Waals surface area (Å²) < 4.78 is 9.78. The summed E-state index contributed by atoms with van der Waals surface area (Å²) in [6.07, 6.45) is 2.95. The second kappa shape index (κ2) is 5.15. The predicted molar refractivity (Wildman–Crippen MR) is 41.6 cm³/mol. The van der Waals surface area contributed by atoms with Gasteiger partial charge in [0.25, 0.3) is 5.95 Å². The summed E-state index contributed by atoms with van der Waals surface area (Å²) in [5.74, 6) is 1.26. The molecule has 0 aliphatic heterocycles. The minimum Gasteiger partial charge on any atom is -0.469 e. The molecule has 10 heavy (non-hydrogen) atoms. The minimum absolute atomic E-state index is 0.605. The first-order valence-corrected chi connectivity index (χ1v) is 3.48.